The number of aromatic nitrogens is 3. The number of rotatable bonds is 3. The van der Waals surface area contributed by atoms with Crippen LogP contribution in [0.15, 0.2) is 30.6 Å². The summed E-state index contributed by atoms with van der Waals surface area (Å²) in [6, 6.07) is 8.97. The third-order valence-corrected chi connectivity index (χ3v) is 2.11. The number of carbonyl (C=O) groups excluding carboxylic acids is 1. The Bertz CT molecular complexity index is 555. The van der Waals surface area contributed by atoms with Gasteiger partial charge in [0.2, 0.25) is 5.91 Å². The highest BCUT2D eigenvalue weighted by Gasteiger charge is 2.09. The standard InChI is InChI=1S/C11H9N5O/c12-6-5-10(17)15-9-4-2-1-3-8(9)11-13-7-14-16-11/h1-4,7H,5H2,(H,15,17)(H,13,14,16). The van der Waals surface area contributed by atoms with E-state index in [0.29, 0.717) is 11.5 Å². The molecule has 17 heavy (non-hydrogen) atoms. The fourth-order valence-electron chi connectivity index (χ4n) is 1.40. The van der Waals surface area contributed by atoms with E-state index in [1.807, 2.05) is 12.1 Å². The first kappa shape index (κ1) is 10.8. The lowest BCUT2D eigenvalue weighted by Gasteiger charge is -2.07. The van der Waals surface area contributed by atoms with Gasteiger partial charge in [-0.25, -0.2) is 4.98 Å². The van der Waals surface area contributed by atoms with Gasteiger partial charge in [-0.15, -0.1) is 0 Å². The second-order valence-corrected chi connectivity index (χ2v) is 3.26. The number of nitrogens with one attached hydrogen (secondary N) is 2. The van der Waals surface area contributed by atoms with Gasteiger partial charge in [0.15, 0.2) is 5.82 Å². The summed E-state index contributed by atoms with van der Waals surface area (Å²) < 4.78 is 0. The Labute approximate surface area is 97.3 Å². The number of anilines is 1. The summed E-state index contributed by atoms with van der Waals surface area (Å²) in [6.07, 6.45) is 1.22. The highest BCUT2D eigenvalue weighted by Crippen LogP contribution is 2.24. The number of carbonyl (C=O) groups is 1. The average Bonchev–Trinajstić information content (AvgIpc) is 2.83. The van der Waals surface area contributed by atoms with Crippen molar-refractivity contribution in [2.75, 3.05) is 5.32 Å². The van der Waals surface area contributed by atoms with Crippen molar-refractivity contribution in [2.45, 2.75) is 6.42 Å². The second kappa shape index (κ2) is 4.90. The van der Waals surface area contributed by atoms with Crippen molar-refractivity contribution in [3.8, 4) is 17.5 Å². The Morgan fingerprint density at radius 3 is 3.00 bits per heavy atom. The predicted molar refractivity (Wildman–Crippen MR) is 60.7 cm³/mol. The van der Waals surface area contributed by atoms with Crippen LogP contribution >= 0.6 is 0 Å². The van der Waals surface area contributed by atoms with Crippen molar-refractivity contribution in [1.29, 1.82) is 5.26 Å². The number of para-hydroxylation sites is 1. The zero-order valence-electron chi connectivity index (χ0n) is 8.84. The van der Waals surface area contributed by atoms with E-state index >= 15 is 0 Å². The van der Waals surface area contributed by atoms with Crippen molar-refractivity contribution in [2.24, 2.45) is 0 Å². The molecule has 0 saturated carbocycles. The van der Waals surface area contributed by atoms with Crippen LogP contribution < -0.4 is 5.32 Å². The normalized spacial score (nSPS) is 9.59. The van der Waals surface area contributed by atoms with Crippen LogP contribution in [0.5, 0.6) is 0 Å². The SMILES string of the molecule is N#CCC(=O)Nc1ccccc1-c1ncn[nH]1. The molecule has 0 spiro atoms. The van der Waals surface area contributed by atoms with Gasteiger partial charge in [0.1, 0.15) is 12.7 Å². The molecule has 6 heteroatoms. The summed E-state index contributed by atoms with van der Waals surface area (Å²) in [6.45, 7) is 0. The maximum Gasteiger partial charge on any atom is 0.238 e. The van der Waals surface area contributed by atoms with Gasteiger partial charge in [-0.2, -0.15) is 10.4 Å². The van der Waals surface area contributed by atoms with E-state index in [1.54, 1.807) is 18.2 Å². The summed E-state index contributed by atoms with van der Waals surface area (Å²) in [4.78, 5) is 15.4. The monoisotopic (exact) mass is 227 g/mol. The molecule has 0 aliphatic carbocycles. The van der Waals surface area contributed by atoms with Gasteiger partial charge in [0.05, 0.1) is 11.8 Å². The van der Waals surface area contributed by atoms with E-state index in [2.05, 4.69) is 20.5 Å². The Hall–Kier alpha value is -2.68. The number of benzene rings is 1. The van der Waals surface area contributed by atoms with Gasteiger partial charge in [0, 0.05) is 5.56 Å². The summed E-state index contributed by atoms with van der Waals surface area (Å²) in [7, 11) is 0. The van der Waals surface area contributed by atoms with Crippen LogP contribution in [-0.4, -0.2) is 21.1 Å². The van der Waals surface area contributed by atoms with Crippen LogP contribution in [0.3, 0.4) is 0 Å². The Morgan fingerprint density at radius 2 is 2.29 bits per heavy atom. The minimum atomic E-state index is -0.348. The van der Waals surface area contributed by atoms with Crippen LogP contribution in [0.25, 0.3) is 11.4 Å². The minimum Gasteiger partial charge on any atom is -0.325 e. The second-order valence-electron chi connectivity index (χ2n) is 3.26. The summed E-state index contributed by atoms with van der Waals surface area (Å²) in [5, 5.41) is 17.6. The Morgan fingerprint density at radius 1 is 1.47 bits per heavy atom. The molecule has 0 atom stereocenters. The molecule has 0 fully saturated rings. The first-order valence-electron chi connectivity index (χ1n) is 4.93. The first-order valence-corrected chi connectivity index (χ1v) is 4.93. The molecule has 2 aromatic rings. The molecule has 6 nitrogen and oxygen atoms in total. The molecule has 2 rings (SSSR count). The molecular weight excluding hydrogens is 218 g/mol. The molecular formula is C11H9N5O. The van der Waals surface area contributed by atoms with Gasteiger partial charge in [0.25, 0.3) is 0 Å². The zero-order valence-corrected chi connectivity index (χ0v) is 8.84. The van der Waals surface area contributed by atoms with Crippen molar-refractivity contribution < 1.29 is 4.79 Å². The third kappa shape index (κ3) is 2.46. The Kier molecular flexibility index (Phi) is 3.12. The summed E-state index contributed by atoms with van der Waals surface area (Å²) in [5.74, 6) is 0.220. The first-order chi connectivity index (χ1) is 8.31. The lowest BCUT2D eigenvalue weighted by Crippen LogP contribution is -2.11. The number of hydrogen-bond acceptors (Lipinski definition) is 4. The largest absolute Gasteiger partial charge is 0.325 e. The van der Waals surface area contributed by atoms with E-state index < -0.39 is 0 Å². The van der Waals surface area contributed by atoms with Gasteiger partial charge in [-0.1, -0.05) is 12.1 Å². The lowest BCUT2D eigenvalue weighted by atomic mass is 10.1. The number of nitrogens with zero attached hydrogens (tertiary/aromatic N) is 3. The van der Waals surface area contributed by atoms with Crippen LogP contribution in [-0.2, 0) is 4.79 Å². The predicted octanol–water partition coefficient (Wildman–Crippen LogP) is 1.32. The van der Waals surface area contributed by atoms with Gasteiger partial charge in [-0.3, -0.25) is 9.89 Å². The number of aromatic amines is 1. The molecule has 1 heterocycles. The lowest BCUT2D eigenvalue weighted by molar-refractivity contribution is -0.115. The third-order valence-electron chi connectivity index (χ3n) is 2.11. The quantitative estimate of drug-likeness (QED) is 0.826. The molecule has 0 aliphatic rings. The maximum atomic E-state index is 11.4. The minimum absolute atomic E-state index is 0.176. The van der Waals surface area contributed by atoms with Crippen LogP contribution in [0.4, 0.5) is 5.69 Å². The van der Waals surface area contributed by atoms with Crippen molar-refractivity contribution >= 4 is 11.6 Å². The van der Waals surface area contributed by atoms with E-state index in [1.165, 1.54) is 6.33 Å². The van der Waals surface area contributed by atoms with E-state index in [4.69, 9.17) is 5.26 Å². The fraction of sp³-hybridized carbons (Fsp3) is 0.0909. The molecule has 1 aromatic heterocycles. The van der Waals surface area contributed by atoms with Crippen molar-refractivity contribution in [3.63, 3.8) is 0 Å². The van der Waals surface area contributed by atoms with Gasteiger partial charge in [-0.05, 0) is 12.1 Å². The number of hydrogen-bond donors (Lipinski definition) is 2. The molecule has 0 aliphatic heterocycles. The topological polar surface area (TPSA) is 94.5 Å². The van der Waals surface area contributed by atoms with Crippen LogP contribution in [0.2, 0.25) is 0 Å². The summed E-state index contributed by atoms with van der Waals surface area (Å²) in [5.41, 5.74) is 1.33. The Balaban J connectivity index is 2.29. The molecule has 0 bridgehead atoms. The number of H-pyrrole nitrogens is 1. The van der Waals surface area contributed by atoms with Gasteiger partial charge >= 0.3 is 0 Å². The fourth-order valence-corrected chi connectivity index (χ4v) is 1.40. The molecule has 0 saturated heterocycles. The van der Waals surface area contributed by atoms with Crippen LogP contribution in [0.1, 0.15) is 6.42 Å². The van der Waals surface area contributed by atoms with Crippen molar-refractivity contribution in [3.05, 3.63) is 30.6 Å². The smallest absolute Gasteiger partial charge is 0.238 e. The van der Waals surface area contributed by atoms with E-state index in [-0.39, 0.29) is 12.3 Å². The zero-order chi connectivity index (χ0) is 12.1. The highest BCUT2D eigenvalue weighted by molar-refractivity contribution is 5.95. The average molecular weight is 227 g/mol. The summed E-state index contributed by atoms with van der Waals surface area (Å²) >= 11 is 0. The van der Waals surface area contributed by atoms with E-state index in [9.17, 15) is 4.79 Å². The van der Waals surface area contributed by atoms with Crippen molar-refractivity contribution in [1.82, 2.24) is 15.2 Å². The van der Waals surface area contributed by atoms with E-state index in [0.717, 1.165) is 5.56 Å². The molecule has 84 valence electrons. The highest BCUT2D eigenvalue weighted by atomic mass is 16.1. The van der Waals surface area contributed by atoms with Gasteiger partial charge < -0.3 is 5.32 Å². The number of amides is 1. The number of nitriles is 1. The molecule has 1 aromatic carbocycles. The molecule has 1 amide bonds. The molecule has 0 unspecified atom stereocenters. The molecule has 0 radical (unpaired) electrons. The van der Waals surface area contributed by atoms with Crippen LogP contribution in [0, 0.1) is 11.3 Å². The molecule has 2 N–H and O–H groups in total. The maximum absolute atomic E-state index is 11.4.